The van der Waals surface area contributed by atoms with E-state index in [0.717, 1.165) is 25.0 Å². The molecule has 18 heavy (non-hydrogen) atoms. The number of hydrogen-bond donors (Lipinski definition) is 0. The molecule has 1 saturated heterocycles. The first-order valence-corrected chi connectivity index (χ1v) is 6.92. The van der Waals surface area contributed by atoms with Crippen molar-refractivity contribution in [1.29, 1.82) is 0 Å². The summed E-state index contributed by atoms with van der Waals surface area (Å²) >= 11 is 12.7. The van der Waals surface area contributed by atoms with Crippen molar-refractivity contribution in [3.8, 4) is 11.5 Å². The third-order valence-corrected chi connectivity index (χ3v) is 4.09. The van der Waals surface area contributed by atoms with Crippen molar-refractivity contribution < 1.29 is 14.2 Å². The summed E-state index contributed by atoms with van der Waals surface area (Å²) in [5.74, 6) is 1.40. The summed E-state index contributed by atoms with van der Waals surface area (Å²) in [4.78, 5) is 0. The van der Waals surface area contributed by atoms with Gasteiger partial charge in [-0.15, -0.1) is 11.6 Å². The first kappa shape index (κ1) is 12.4. The fourth-order valence-corrected chi connectivity index (χ4v) is 3.03. The second kappa shape index (κ2) is 5.16. The van der Waals surface area contributed by atoms with Gasteiger partial charge in [0.1, 0.15) is 13.2 Å². The SMILES string of the molecule is Clc1cc2c(cc1C(Cl)C1CCCO1)OCCO2. The van der Waals surface area contributed by atoms with Crippen LogP contribution in [-0.4, -0.2) is 25.9 Å². The molecule has 98 valence electrons. The maximum Gasteiger partial charge on any atom is 0.162 e. The monoisotopic (exact) mass is 288 g/mol. The summed E-state index contributed by atoms with van der Waals surface area (Å²) in [5, 5.41) is 0.366. The molecule has 5 heteroatoms. The lowest BCUT2D eigenvalue weighted by Crippen LogP contribution is -2.17. The van der Waals surface area contributed by atoms with E-state index in [-0.39, 0.29) is 11.5 Å². The van der Waals surface area contributed by atoms with E-state index in [0.29, 0.717) is 29.7 Å². The van der Waals surface area contributed by atoms with Gasteiger partial charge in [-0.2, -0.15) is 0 Å². The molecule has 1 aromatic rings. The van der Waals surface area contributed by atoms with Crippen LogP contribution in [0.4, 0.5) is 0 Å². The Morgan fingerprint density at radius 1 is 1.11 bits per heavy atom. The Morgan fingerprint density at radius 3 is 2.50 bits per heavy atom. The molecule has 0 spiro atoms. The molecule has 2 aliphatic rings. The van der Waals surface area contributed by atoms with E-state index >= 15 is 0 Å². The van der Waals surface area contributed by atoms with E-state index < -0.39 is 0 Å². The van der Waals surface area contributed by atoms with Crippen LogP contribution in [0.1, 0.15) is 23.8 Å². The number of fused-ring (bicyclic) bond motifs is 1. The average molecular weight is 289 g/mol. The lowest BCUT2D eigenvalue weighted by atomic mass is 10.0. The molecule has 2 unspecified atom stereocenters. The zero-order valence-corrected chi connectivity index (χ0v) is 11.3. The Bertz CT molecular complexity index is 444. The van der Waals surface area contributed by atoms with Crippen LogP contribution in [-0.2, 0) is 4.74 Å². The van der Waals surface area contributed by atoms with Gasteiger partial charge >= 0.3 is 0 Å². The number of halogens is 2. The fraction of sp³-hybridized carbons (Fsp3) is 0.538. The zero-order chi connectivity index (χ0) is 12.5. The zero-order valence-electron chi connectivity index (χ0n) is 9.83. The molecule has 2 atom stereocenters. The summed E-state index contributed by atoms with van der Waals surface area (Å²) in [5.41, 5.74) is 0.856. The molecule has 2 aliphatic heterocycles. The van der Waals surface area contributed by atoms with Gasteiger partial charge in [-0.1, -0.05) is 11.6 Å². The molecule has 2 heterocycles. The predicted octanol–water partition coefficient (Wildman–Crippen LogP) is 3.57. The Labute approximate surface area is 116 Å². The normalized spacial score (nSPS) is 24.0. The van der Waals surface area contributed by atoms with Gasteiger partial charge < -0.3 is 14.2 Å². The largest absolute Gasteiger partial charge is 0.486 e. The molecular weight excluding hydrogens is 275 g/mol. The first-order valence-electron chi connectivity index (χ1n) is 6.10. The van der Waals surface area contributed by atoms with Crippen LogP contribution in [0.5, 0.6) is 11.5 Å². The molecule has 1 fully saturated rings. The minimum Gasteiger partial charge on any atom is -0.486 e. The Kier molecular flexibility index (Phi) is 3.55. The highest BCUT2D eigenvalue weighted by molar-refractivity contribution is 6.33. The topological polar surface area (TPSA) is 27.7 Å². The maximum atomic E-state index is 6.45. The minimum atomic E-state index is -0.240. The van der Waals surface area contributed by atoms with E-state index in [1.807, 2.05) is 6.07 Å². The van der Waals surface area contributed by atoms with Crippen molar-refractivity contribution in [2.45, 2.75) is 24.3 Å². The number of rotatable bonds is 2. The quantitative estimate of drug-likeness (QED) is 0.779. The van der Waals surface area contributed by atoms with Crippen LogP contribution in [0, 0.1) is 0 Å². The van der Waals surface area contributed by atoms with Gasteiger partial charge in [0.2, 0.25) is 0 Å². The highest BCUT2D eigenvalue weighted by atomic mass is 35.5. The molecule has 0 radical (unpaired) electrons. The summed E-state index contributed by atoms with van der Waals surface area (Å²) in [7, 11) is 0. The second-order valence-corrected chi connectivity index (χ2v) is 5.35. The van der Waals surface area contributed by atoms with Crippen molar-refractivity contribution in [3.05, 3.63) is 22.7 Å². The van der Waals surface area contributed by atoms with Crippen LogP contribution < -0.4 is 9.47 Å². The van der Waals surface area contributed by atoms with Crippen molar-refractivity contribution in [3.63, 3.8) is 0 Å². The van der Waals surface area contributed by atoms with E-state index in [2.05, 4.69) is 0 Å². The van der Waals surface area contributed by atoms with E-state index in [4.69, 9.17) is 37.4 Å². The van der Waals surface area contributed by atoms with Crippen molar-refractivity contribution in [2.75, 3.05) is 19.8 Å². The van der Waals surface area contributed by atoms with Gasteiger partial charge in [0, 0.05) is 17.7 Å². The van der Waals surface area contributed by atoms with Crippen LogP contribution in [0.25, 0.3) is 0 Å². The summed E-state index contributed by atoms with van der Waals surface area (Å²) in [6.07, 6.45) is 2.06. The summed E-state index contributed by atoms with van der Waals surface area (Å²) in [6, 6.07) is 3.64. The smallest absolute Gasteiger partial charge is 0.162 e. The molecular formula is C13H14Cl2O3. The molecule has 3 rings (SSSR count). The molecule has 0 aliphatic carbocycles. The molecule has 0 aromatic heterocycles. The predicted molar refractivity (Wildman–Crippen MR) is 70.0 cm³/mol. The molecule has 0 N–H and O–H groups in total. The maximum absolute atomic E-state index is 6.45. The third-order valence-electron chi connectivity index (χ3n) is 3.25. The Balaban J connectivity index is 1.90. The van der Waals surface area contributed by atoms with E-state index in [1.165, 1.54) is 0 Å². The van der Waals surface area contributed by atoms with Crippen molar-refractivity contribution in [1.82, 2.24) is 0 Å². The lowest BCUT2D eigenvalue weighted by Gasteiger charge is -2.23. The summed E-state index contributed by atoms with van der Waals surface area (Å²) < 4.78 is 16.6. The lowest BCUT2D eigenvalue weighted by molar-refractivity contribution is 0.107. The number of alkyl halides is 1. The minimum absolute atomic E-state index is 0.0340. The molecule has 3 nitrogen and oxygen atoms in total. The highest BCUT2D eigenvalue weighted by Crippen LogP contribution is 2.42. The van der Waals surface area contributed by atoms with Gasteiger partial charge in [0.25, 0.3) is 0 Å². The van der Waals surface area contributed by atoms with E-state index in [9.17, 15) is 0 Å². The number of ether oxygens (including phenoxy) is 3. The molecule has 0 saturated carbocycles. The molecule has 1 aromatic carbocycles. The Hall–Kier alpha value is -0.640. The van der Waals surface area contributed by atoms with Crippen LogP contribution >= 0.6 is 23.2 Å². The number of benzene rings is 1. The average Bonchev–Trinajstić information content (AvgIpc) is 2.91. The van der Waals surface area contributed by atoms with Crippen molar-refractivity contribution in [2.24, 2.45) is 0 Å². The number of hydrogen-bond acceptors (Lipinski definition) is 3. The van der Waals surface area contributed by atoms with E-state index in [1.54, 1.807) is 6.07 Å². The highest BCUT2D eigenvalue weighted by Gasteiger charge is 2.28. The fourth-order valence-electron chi connectivity index (χ4n) is 2.32. The van der Waals surface area contributed by atoms with Gasteiger partial charge in [-0.05, 0) is 24.5 Å². The van der Waals surface area contributed by atoms with Crippen molar-refractivity contribution >= 4 is 23.2 Å². The van der Waals surface area contributed by atoms with Gasteiger partial charge in [0.05, 0.1) is 11.5 Å². The van der Waals surface area contributed by atoms with Gasteiger partial charge in [-0.3, -0.25) is 0 Å². The second-order valence-electron chi connectivity index (χ2n) is 4.47. The Morgan fingerprint density at radius 2 is 1.83 bits per heavy atom. The standard InChI is InChI=1S/C13H14Cl2O3/c14-9-7-12-11(17-4-5-18-12)6-8(9)13(15)10-2-1-3-16-10/h6-7,10,13H,1-5H2. The molecule has 0 bridgehead atoms. The van der Waals surface area contributed by atoms with Gasteiger partial charge in [-0.25, -0.2) is 0 Å². The summed E-state index contributed by atoms with van der Waals surface area (Å²) in [6.45, 7) is 1.88. The molecule has 0 amide bonds. The van der Waals surface area contributed by atoms with Crippen LogP contribution in [0.3, 0.4) is 0 Å². The van der Waals surface area contributed by atoms with Gasteiger partial charge in [0.15, 0.2) is 11.5 Å². The van der Waals surface area contributed by atoms with Crippen LogP contribution in [0.15, 0.2) is 12.1 Å². The first-order chi connectivity index (χ1) is 8.75. The van der Waals surface area contributed by atoms with Crippen LogP contribution in [0.2, 0.25) is 5.02 Å². The third kappa shape index (κ3) is 2.27.